The number of carbonyl (C=O) groups is 3. The van der Waals surface area contributed by atoms with Gasteiger partial charge in [0.25, 0.3) is 5.91 Å². The van der Waals surface area contributed by atoms with Crippen LogP contribution in [0, 0.1) is 27.7 Å². The van der Waals surface area contributed by atoms with E-state index in [-0.39, 0.29) is 23.1 Å². The summed E-state index contributed by atoms with van der Waals surface area (Å²) in [5.74, 6) is -0.894. The highest BCUT2D eigenvalue weighted by atomic mass is 16.2. The summed E-state index contributed by atoms with van der Waals surface area (Å²) >= 11 is 0. The Bertz CT molecular complexity index is 1140. The van der Waals surface area contributed by atoms with E-state index in [1.54, 1.807) is 23.1 Å². The van der Waals surface area contributed by atoms with E-state index >= 15 is 0 Å². The monoisotopic (exact) mass is 449 g/mol. The second-order valence-corrected chi connectivity index (χ2v) is 8.87. The van der Waals surface area contributed by atoms with Gasteiger partial charge in [0.2, 0.25) is 5.91 Å². The molecule has 174 valence electrons. The Morgan fingerprint density at radius 3 is 2.18 bits per heavy atom. The molecule has 2 aromatic carbocycles. The van der Waals surface area contributed by atoms with Crippen molar-refractivity contribution in [2.75, 3.05) is 49.1 Å². The first-order valence-corrected chi connectivity index (χ1v) is 11.3. The molecule has 33 heavy (non-hydrogen) atoms. The molecule has 2 aromatic rings. The predicted octanol–water partition coefficient (Wildman–Crippen LogP) is 2.51. The first kappa shape index (κ1) is 22.6. The van der Waals surface area contributed by atoms with Crippen molar-refractivity contribution in [3.63, 3.8) is 0 Å². The molecule has 0 spiro atoms. The molecular formula is C25H31N5O3. The number of rotatable bonds is 4. The summed E-state index contributed by atoms with van der Waals surface area (Å²) in [4.78, 5) is 43.1. The normalized spacial score (nSPS) is 16.2. The summed E-state index contributed by atoms with van der Waals surface area (Å²) in [6.07, 6.45) is 0. The van der Waals surface area contributed by atoms with E-state index in [1.807, 2.05) is 0 Å². The van der Waals surface area contributed by atoms with Crippen molar-refractivity contribution in [2.45, 2.75) is 27.7 Å². The number of nitrogens with two attached hydrogens (primary N) is 1. The van der Waals surface area contributed by atoms with Crippen LogP contribution in [-0.2, 0) is 0 Å². The number of nitrogens with one attached hydrogen (secondary N) is 1. The molecular weight excluding hydrogens is 418 g/mol. The average Bonchev–Trinajstić information content (AvgIpc) is 3.23. The van der Waals surface area contributed by atoms with Crippen molar-refractivity contribution >= 4 is 29.2 Å². The lowest BCUT2D eigenvalue weighted by molar-refractivity contribution is 0.0742. The summed E-state index contributed by atoms with van der Waals surface area (Å²) < 4.78 is 0. The SMILES string of the molecule is Cc1cc(C)c(N2CCN(C(=O)c3ccc(N4CCNC4=O)cc3C(N)=O)CC2)c(C)c1C. The van der Waals surface area contributed by atoms with Crippen molar-refractivity contribution in [3.8, 4) is 0 Å². The lowest BCUT2D eigenvalue weighted by atomic mass is 9.97. The minimum atomic E-state index is -0.681. The van der Waals surface area contributed by atoms with Crippen LogP contribution in [0.5, 0.6) is 0 Å². The van der Waals surface area contributed by atoms with Crippen molar-refractivity contribution < 1.29 is 14.4 Å². The largest absolute Gasteiger partial charge is 0.368 e. The molecule has 2 aliphatic rings. The quantitative estimate of drug-likeness (QED) is 0.749. The molecule has 8 heteroatoms. The topological polar surface area (TPSA) is 99.0 Å². The number of aryl methyl sites for hydroxylation is 2. The minimum absolute atomic E-state index is 0.139. The van der Waals surface area contributed by atoms with Crippen molar-refractivity contribution in [1.29, 1.82) is 0 Å². The molecule has 4 rings (SSSR count). The van der Waals surface area contributed by atoms with Crippen molar-refractivity contribution in [1.82, 2.24) is 10.2 Å². The molecule has 4 amide bonds. The molecule has 0 radical (unpaired) electrons. The van der Waals surface area contributed by atoms with Gasteiger partial charge in [0.1, 0.15) is 0 Å². The van der Waals surface area contributed by atoms with E-state index in [9.17, 15) is 14.4 Å². The van der Waals surface area contributed by atoms with Crippen LogP contribution in [0.15, 0.2) is 24.3 Å². The maximum atomic E-state index is 13.3. The van der Waals surface area contributed by atoms with Crippen LogP contribution in [0.3, 0.4) is 0 Å². The Labute approximate surface area is 194 Å². The third-order valence-corrected chi connectivity index (χ3v) is 6.87. The van der Waals surface area contributed by atoms with Gasteiger partial charge >= 0.3 is 6.03 Å². The van der Waals surface area contributed by atoms with Gasteiger partial charge in [-0.15, -0.1) is 0 Å². The van der Waals surface area contributed by atoms with Gasteiger partial charge in [-0.1, -0.05) is 6.07 Å². The summed E-state index contributed by atoms with van der Waals surface area (Å²) in [7, 11) is 0. The highest BCUT2D eigenvalue weighted by molar-refractivity contribution is 6.08. The second-order valence-electron chi connectivity index (χ2n) is 8.87. The molecule has 3 N–H and O–H groups in total. The lowest BCUT2D eigenvalue weighted by Gasteiger charge is -2.38. The zero-order valence-electron chi connectivity index (χ0n) is 19.7. The fraction of sp³-hybridized carbons (Fsp3) is 0.400. The number of urea groups is 1. The van der Waals surface area contributed by atoms with E-state index in [1.165, 1.54) is 32.8 Å². The second kappa shape index (κ2) is 8.77. The van der Waals surface area contributed by atoms with Gasteiger partial charge in [0, 0.05) is 50.6 Å². The highest BCUT2D eigenvalue weighted by Gasteiger charge is 2.28. The van der Waals surface area contributed by atoms with Crippen LogP contribution >= 0.6 is 0 Å². The average molecular weight is 450 g/mol. The maximum absolute atomic E-state index is 13.3. The number of anilines is 2. The lowest BCUT2D eigenvalue weighted by Crippen LogP contribution is -2.49. The van der Waals surface area contributed by atoms with E-state index in [2.05, 4.69) is 44.0 Å². The number of primary amides is 1. The summed E-state index contributed by atoms with van der Waals surface area (Å²) in [5, 5.41) is 2.73. The third-order valence-electron chi connectivity index (χ3n) is 6.87. The van der Waals surface area contributed by atoms with Gasteiger partial charge in [-0.3, -0.25) is 14.5 Å². The number of hydrogen-bond acceptors (Lipinski definition) is 4. The maximum Gasteiger partial charge on any atom is 0.321 e. The van der Waals surface area contributed by atoms with Gasteiger partial charge in [-0.05, 0) is 68.1 Å². The number of carbonyl (C=O) groups excluding carboxylic acids is 3. The van der Waals surface area contributed by atoms with Crippen molar-refractivity contribution in [3.05, 3.63) is 57.6 Å². The zero-order valence-corrected chi connectivity index (χ0v) is 19.7. The van der Waals surface area contributed by atoms with Gasteiger partial charge in [-0.2, -0.15) is 0 Å². The smallest absolute Gasteiger partial charge is 0.321 e. The number of benzene rings is 2. The Kier molecular flexibility index (Phi) is 6.01. The van der Waals surface area contributed by atoms with E-state index in [0.717, 1.165) is 0 Å². The fourth-order valence-corrected chi connectivity index (χ4v) is 4.87. The first-order chi connectivity index (χ1) is 15.7. The molecule has 8 nitrogen and oxygen atoms in total. The molecule has 0 aliphatic carbocycles. The molecule has 2 aliphatic heterocycles. The van der Waals surface area contributed by atoms with Crippen LogP contribution in [-0.4, -0.2) is 62.0 Å². The third kappa shape index (κ3) is 4.13. The number of hydrogen-bond donors (Lipinski definition) is 2. The van der Waals surface area contributed by atoms with Crippen molar-refractivity contribution in [2.24, 2.45) is 5.73 Å². The standard InChI is InChI=1S/C25H31N5O3/c1-15-13-16(2)22(18(4)17(15)3)28-9-11-29(12-10-28)24(32)20-6-5-19(14-21(20)23(26)31)30-8-7-27-25(30)33/h5-6,13-14H,7-12H2,1-4H3,(H2,26,31)(H,27,33). The number of amides is 4. The summed E-state index contributed by atoms with van der Waals surface area (Å²) in [6.45, 7) is 12.2. The van der Waals surface area contributed by atoms with E-state index in [4.69, 9.17) is 5.73 Å². The Morgan fingerprint density at radius 2 is 1.58 bits per heavy atom. The van der Waals surface area contributed by atoms with Crippen LogP contribution in [0.25, 0.3) is 0 Å². The molecule has 0 aromatic heterocycles. The molecule has 2 fully saturated rings. The van der Waals surface area contributed by atoms with Gasteiger partial charge in [0.05, 0.1) is 11.1 Å². The van der Waals surface area contributed by atoms with E-state index < -0.39 is 5.91 Å². The molecule has 0 unspecified atom stereocenters. The molecule has 0 atom stereocenters. The molecule has 0 bridgehead atoms. The first-order valence-electron chi connectivity index (χ1n) is 11.3. The molecule has 2 heterocycles. The Balaban J connectivity index is 1.53. The number of nitrogens with zero attached hydrogens (tertiary/aromatic N) is 3. The van der Waals surface area contributed by atoms with E-state index in [0.29, 0.717) is 45.0 Å². The van der Waals surface area contributed by atoms with Crippen LogP contribution in [0.1, 0.15) is 43.0 Å². The van der Waals surface area contributed by atoms with Gasteiger partial charge in [0.15, 0.2) is 0 Å². The highest BCUT2D eigenvalue weighted by Crippen LogP contribution is 2.31. The van der Waals surface area contributed by atoms with Gasteiger partial charge in [-0.25, -0.2) is 4.79 Å². The van der Waals surface area contributed by atoms with Gasteiger partial charge < -0.3 is 20.9 Å². The molecule has 0 saturated carbocycles. The zero-order chi connectivity index (χ0) is 23.9. The fourth-order valence-electron chi connectivity index (χ4n) is 4.87. The summed E-state index contributed by atoms with van der Waals surface area (Å²) in [5.41, 5.74) is 12.9. The minimum Gasteiger partial charge on any atom is -0.368 e. The summed E-state index contributed by atoms with van der Waals surface area (Å²) in [6, 6.07) is 6.84. The number of piperazine rings is 1. The Morgan fingerprint density at radius 1 is 0.879 bits per heavy atom. The van der Waals surface area contributed by atoms with Crippen LogP contribution < -0.4 is 20.9 Å². The van der Waals surface area contributed by atoms with Crippen LogP contribution in [0.4, 0.5) is 16.2 Å². The molecule has 2 saturated heterocycles. The predicted molar refractivity (Wildman–Crippen MR) is 129 cm³/mol. The van der Waals surface area contributed by atoms with Crippen LogP contribution in [0.2, 0.25) is 0 Å². The Hall–Kier alpha value is -3.55.